The Morgan fingerprint density at radius 3 is 2.64 bits per heavy atom. The number of amides is 2. The van der Waals surface area contributed by atoms with Crippen molar-refractivity contribution in [2.75, 3.05) is 13.7 Å². The minimum absolute atomic E-state index is 0.359. The van der Waals surface area contributed by atoms with Crippen LogP contribution in [0.3, 0.4) is 0 Å². The summed E-state index contributed by atoms with van der Waals surface area (Å²) < 4.78 is 10.2. The summed E-state index contributed by atoms with van der Waals surface area (Å²) in [5.74, 6) is 0.200. The molecule has 0 saturated carbocycles. The summed E-state index contributed by atoms with van der Waals surface area (Å²) in [4.78, 5) is 23.6. The van der Waals surface area contributed by atoms with Gasteiger partial charge in [-0.25, -0.2) is 9.59 Å². The second-order valence-corrected chi connectivity index (χ2v) is 4.73. The lowest BCUT2D eigenvalue weighted by atomic mass is 9.95. The Labute approximate surface area is 128 Å². The van der Waals surface area contributed by atoms with E-state index in [-0.39, 0.29) is 6.03 Å². The second-order valence-electron chi connectivity index (χ2n) is 4.73. The van der Waals surface area contributed by atoms with Gasteiger partial charge < -0.3 is 20.1 Å². The summed E-state index contributed by atoms with van der Waals surface area (Å²) in [6, 6.07) is 6.22. The van der Waals surface area contributed by atoms with E-state index >= 15 is 0 Å². The molecule has 1 aliphatic heterocycles. The summed E-state index contributed by atoms with van der Waals surface area (Å²) in [5, 5.41) is 5.30. The number of carbonyl (C=O) groups is 2. The molecule has 0 radical (unpaired) electrons. The highest BCUT2D eigenvalue weighted by molar-refractivity contribution is 5.94. The van der Waals surface area contributed by atoms with Gasteiger partial charge in [0.15, 0.2) is 0 Å². The van der Waals surface area contributed by atoms with Gasteiger partial charge >= 0.3 is 12.0 Å². The van der Waals surface area contributed by atoms with Crippen molar-refractivity contribution < 1.29 is 19.1 Å². The Morgan fingerprint density at radius 1 is 1.36 bits per heavy atom. The van der Waals surface area contributed by atoms with E-state index in [1.165, 1.54) is 7.11 Å². The lowest BCUT2D eigenvalue weighted by Crippen LogP contribution is -2.45. The van der Waals surface area contributed by atoms with Crippen molar-refractivity contribution in [3.63, 3.8) is 0 Å². The number of allylic oxidation sites excluding steroid dienone is 1. The zero-order valence-corrected chi connectivity index (χ0v) is 12.5. The molecule has 1 heterocycles. The lowest BCUT2D eigenvalue weighted by Gasteiger charge is -2.27. The predicted molar refractivity (Wildman–Crippen MR) is 81.3 cm³/mol. The second kappa shape index (κ2) is 6.80. The van der Waals surface area contributed by atoms with Gasteiger partial charge in [0.2, 0.25) is 0 Å². The average molecular weight is 302 g/mol. The standard InChI is InChI=1S/C16H18N2O4/c1-4-9-22-12-7-5-11(6-8-12)14-13(15(19)21-3)10(2)17-16(20)18-14/h4-8,14H,1,9H2,2-3H3,(H2,17,18,20)/t14-/m0/s1. The molecule has 6 nitrogen and oxygen atoms in total. The van der Waals surface area contributed by atoms with Gasteiger partial charge in [0.1, 0.15) is 12.4 Å². The number of hydrogen-bond acceptors (Lipinski definition) is 4. The van der Waals surface area contributed by atoms with Crippen LogP contribution in [0.2, 0.25) is 0 Å². The fourth-order valence-electron chi connectivity index (χ4n) is 2.24. The van der Waals surface area contributed by atoms with Crippen LogP contribution in [0, 0.1) is 0 Å². The first kappa shape index (κ1) is 15.6. The van der Waals surface area contributed by atoms with Crippen molar-refractivity contribution in [3.8, 4) is 5.75 Å². The van der Waals surface area contributed by atoms with Gasteiger partial charge in [0.25, 0.3) is 0 Å². The Bertz CT molecular complexity index is 620. The normalized spacial score (nSPS) is 17.4. The van der Waals surface area contributed by atoms with Crippen molar-refractivity contribution in [2.24, 2.45) is 0 Å². The van der Waals surface area contributed by atoms with Gasteiger partial charge in [0.05, 0.1) is 18.7 Å². The number of nitrogens with one attached hydrogen (secondary N) is 2. The van der Waals surface area contributed by atoms with E-state index in [4.69, 9.17) is 9.47 Å². The first-order chi connectivity index (χ1) is 10.6. The summed E-state index contributed by atoms with van der Waals surface area (Å²) in [6.07, 6.45) is 1.66. The number of urea groups is 1. The smallest absolute Gasteiger partial charge is 0.337 e. The molecule has 0 aliphatic carbocycles. The van der Waals surface area contributed by atoms with Crippen molar-refractivity contribution >= 4 is 12.0 Å². The molecule has 22 heavy (non-hydrogen) atoms. The fraction of sp³-hybridized carbons (Fsp3) is 0.250. The molecule has 0 spiro atoms. The largest absolute Gasteiger partial charge is 0.490 e. The van der Waals surface area contributed by atoms with Crippen LogP contribution in [-0.2, 0) is 9.53 Å². The van der Waals surface area contributed by atoms with Crippen molar-refractivity contribution in [3.05, 3.63) is 53.8 Å². The molecule has 2 N–H and O–H groups in total. The number of ether oxygens (including phenoxy) is 2. The van der Waals surface area contributed by atoms with E-state index in [0.29, 0.717) is 23.6 Å². The molecular weight excluding hydrogens is 284 g/mol. The molecule has 0 aromatic heterocycles. The quantitative estimate of drug-likeness (QED) is 0.644. The maximum absolute atomic E-state index is 12.0. The molecule has 0 fully saturated rings. The third kappa shape index (κ3) is 3.28. The highest BCUT2D eigenvalue weighted by atomic mass is 16.5. The van der Waals surface area contributed by atoms with Gasteiger partial charge in [-0.3, -0.25) is 0 Å². The van der Waals surface area contributed by atoms with Gasteiger partial charge in [0, 0.05) is 5.70 Å². The average Bonchev–Trinajstić information content (AvgIpc) is 2.52. The number of methoxy groups -OCH3 is 1. The molecule has 2 rings (SSSR count). The number of hydrogen-bond donors (Lipinski definition) is 2. The van der Waals surface area contributed by atoms with E-state index in [0.717, 1.165) is 5.56 Å². The van der Waals surface area contributed by atoms with E-state index < -0.39 is 12.0 Å². The molecule has 116 valence electrons. The molecule has 1 aromatic carbocycles. The molecule has 1 aromatic rings. The monoisotopic (exact) mass is 302 g/mol. The zero-order chi connectivity index (χ0) is 16.1. The Hall–Kier alpha value is -2.76. The van der Waals surface area contributed by atoms with Crippen LogP contribution in [0.15, 0.2) is 48.2 Å². The highest BCUT2D eigenvalue weighted by Gasteiger charge is 2.31. The summed E-state index contributed by atoms with van der Waals surface area (Å²) in [7, 11) is 1.31. The summed E-state index contributed by atoms with van der Waals surface area (Å²) >= 11 is 0. The molecule has 0 saturated heterocycles. The Kier molecular flexibility index (Phi) is 4.83. The summed E-state index contributed by atoms with van der Waals surface area (Å²) in [5.41, 5.74) is 1.62. The first-order valence-electron chi connectivity index (χ1n) is 6.77. The van der Waals surface area contributed by atoms with Gasteiger partial charge in [-0.1, -0.05) is 24.8 Å². The summed E-state index contributed by atoms with van der Waals surface area (Å²) in [6.45, 7) is 5.66. The predicted octanol–water partition coefficient (Wildman–Crippen LogP) is 2.05. The topological polar surface area (TPSA) is 76.7 Å². The molecule has 0 unspecified atom stereocenters. The van der Waals surface area contributed by atoms with E-state index in [1.807, 2.05) is 0 Å². The number of esters is 1. The number of benzene rings is 1. The minimum atomic E-state index is -0.561. The Morgan fingerprint density at radius 2 is 2.05 bits per heavy atom. The maximum Gasteiger partial charge on any atom is 0.337 e. The third-order valence-electron chi connectivity index (χ3n) is 3.26. The zero-order valence-electron chi connectivity index (χ0n) is 12.5. The van der Waals surface area contributed by atoms with Crippen molar-refractivity contribution in [1.82, 2.24) is 10.6 Å². The van der Waals surface area contributed by atoms with Crippen LogP contribution >= 0.6 is 0 Å². The minimum Gasteiger partial charge on any atom is -0.490 e. The SMILES string of the molecule is C=CCOc1ccc([C@@H]2NC(=O)NC(C)=C2C(=O)OC)cc1. The third-order valence-corrected chi connectivity index (χ3v) is 3.26. The van der Waals surface area contributed by atoms with Crippen LogP contribution in [0.25, 0.3) is 0 Å². The number of rotatable bonds is 5. The molecule has 0 bridgehead atoms. The van der Waals surface area contributed by atoms with Crippen LogP contribution in [0.4, 0.5) is 4.79 Å². The van der Waals surface area contributed by atoms with Crippen molar-refractivity contribution in [1.29, 1.82) is 0 Å². The van der Waals surface area contributed by atoms with Gasteiger partial charge in [-0.05, 0) is 24.6 Å². The number of carbonyl (C=O) groups excluding carboxylic acids is 2. The lowest BCUT2D eigenvalue weighted by molar-refractivity contribution is -0.136. The van der Waals surface area contributed by atoms with Crippen LogP contribution in [0.5, 0.6) is 5.75 Å². The van der Waals surface area contributed by atoms with Crippen LogP contribution in [-0.4, -0.2) is 25.7 Å². The first-order valence-corrected chi connectivity index (χ1v) is 6.77. The van der Waals surface area contributed by atoms with Gasteiger partial charge in [-0.2, -0.15) is 0 Å². The maximum atomic E-state index is 12.0. The molecule has 1 aliphatic rings. The fourth-order valence-corrected chi connectivity index (χ4v) is 2.24. The molecular formula is C16H18N2O4. The van der Waals surface area contributed by atoms with E-state index in [2.05, 4.69) is 17.2 Å². The van der Waals surface area contributed by atoms with E-state index in [1.54, 1.807) is 37.3 Å². The van der Waals surface area contributed by atoms with Gasteiger partial charge in [-0.15, -0.1) is 0 Å². The van der Waals surface area contributed by atoms with Crippen molar-refractivity contribution in [2.45, 2.75) is 13.0 Å². The van der Waals surface area contributed by atoms with E-state index in [9.17, 15) is 9.59 Å². The molecule has 1 atom stereocenters. The van der Waals surface area contributed by atoms with Crippen LogP contribution < -0.4 is 15.4 Å². The Balaban J connectivity index is 2.31. The van der Waals surface area contributed by atoms with Crippen LogP contribution in [0.1, 0.15) is 18.5 Å². The molecule has 6 heteroatoms. The molecule has 2 amide bonds. The highest BCUT2D eigenvalue weighted by Crippen LogP contribution is 2.28.